The van der Waals surface area contributed by atoms with E-state index >= 15 is 0 Å². The highest BCUT2D eigenvalue weighted by Gasteiger charge is 2.28. The Labute approximate surface area is 120 Å². The molecule has 0 aliphatic carbocycles. The Morgan fingerprint density at radius 3 is 2.35 bits per heavy atom. The first kappa shape index (κ1) is 16.8. The van der Waals surface area contributed by atoms with Crippen molar-refractivity contribution in [1.29, 1.82) is 0 Å². The molecule has 3 N–H and O–H groups in total. The lowest BCUT2D eigenvalue weighted by Crippen LogP contribution is -2.45. The molecule has 1 atom stereocenters. The molecule has 0 bridgehead atoms. The third-order valence-corrected chi connectivity index (χ3v) is 3.98. The molecular weight excluding hydrogens is 260 g/mol. The minimum Gasteiger partial charge on any atom is -0.481 e. The summed E-state index contributed by atoms with van der Waals surface area (Å²) >= 11 is 0. The fraction of sp³-hybridized carbons (Fsp3) is 0.857. The molecule has 0 aromatic rings. The average molecular weight is 286 g/mol. The molecule has 1 rings (SSSR count). The van der Waals surface area contributed by atoms with Crippen LogP contribution in [0, 0.1) is 17.3 Å². The molecule has 1 heterocycles. The molecule has 0 saturated carbocycles. The summed E-state index contributed by atoms with van der Waals surface area (Å²) < 4.78 is 5.31. The van der Waals surface area contributed by atoms with E-state index < -0.39 is 11.9 Å². The molecule has 1 unspecified atom stereocenters. The van der Waals surface area contributed by atoms with Crippen molar-refractivity contribution in [3.63, 3.8) is 0 Å². The molecule has 1 saturated heterocycles. The summed E-state index contributed by atoms with van der Waals surface area (Å²) in [6, 6.07) is -0.301. The van der Waals surface area contributed by atoms with Gasteiger partial charge in [0.1, 0.15) is 0 Å². The van der Waals surface area contributed by atoms with Crippen molar-refractivity contribution in [1.82, 2.24) is 10.6 Å². The van der Waals surface area contributed by atoms with Crippen LogP contribution in [0.15, 0.2) is 0 Å². The molecule has 6 nitrogen and oxygen atoms in total. The number of ether oxygens (including phenoxy) is 1. The first-order valence-corrected chi connectivity index (χ1v) is 7.16. The van der Waals surface area contributed by atoms with Crippen LogP contribution >= 0.6 is 0 Å². The van der Waals surface area contributed by atoms with Gasteiger partial charge in [-0.2, -0.15) is 0 Å². The number of rotatable bonds is 6. The lowest BCUT2D eigenvalue weighted by Gasteiger charge is -2.33. The molecule has 0 spiro atoms. The number of amides is 2. The monoisotopic (exact) mass is 286 g/mol. The fourth-order valence-electron chi connectivity index (χ4n) is 2.21. The van der Waals surface area contributed by atoms with E-state index in [-0.39, 0.29) is 23.9 Å². The first-order chi connectivity index (χ1) is 9.34. The van der Waals surface area contributed by atoms with Crippen molar-refractivity contribution >= 4 is 12.0 Å². The van der Waals surface area contributed by atoms with Crippen LogP contribution in [0.5, 0.6) is 0 Å². The third-order valence-electron chi connectivity index (χ3n) is 3.98. The maximum absolute atomic E-state index is 11.7. The van der Waals surface area contributed by atoms with Gasteiger partial charge in [-0.05, 0) is 24.2 Å². The Balaban J connectivity index is 2.31. The lowest BCUT2D eigenvalue weighted by molar-refractivity contribution is -0.142. The maximum Gasteiger partial charge on any atom is 0.314 e. The molecule has 1 fully saturated rings. The highest BCUT2D eigenvalue weighted by atomic mass is 16.5. The summed E-state index contributed by atoms with van der Waals surface area (Å²) in [6.07, 6.45) is 1.86. The van der Waals surface area contributed by atoms with Crippen LogP contribution in [0.25, 0.3) is 0 Å². The van der Waals surface area contributed by atoms with E-state index in [1.165, 1.54) is 0 Å². The average Bonchev–Trinajstić information content (AvgIpc) is 2.37. The molecule has 116 valence electrons. The SMILES string of the molecule is CC(C)C(CNC(=O)NCC1(C)CCOCC1)C(=O)O. The van der Waals surface area contributed by atoms with Crippen LogP contribution < -0.4 is 10.6 Å². The number of carbonyl (C=O) groups excluding carboxylic acids is 1. The number of carbonyl (C=O) groups is 2. The highest BCUT2D eigenvalue weighted by molar-refractivity contribution is 5.75. The van der Waals surface area contributed by atoms with E-state index in [9.17, 15) is 9.59 Å². The summed E-state index contributed by atoms with van der Waals surface area (Å²) in [7, 11) is 0. The summed E-state index contributed by atoms with van der Waals surface area (Å²) in [5.74, 6) is -1.45. The van der Waals surface area contributed by atoms with Gasteiger partial charge in [-0.3, -0.25) is 4.79 Å². The van der Waals surface area contributed by atoms with Gasteiger partial charge < -0.3 is 20.5 Å². The van der Waals surface area contributed by atoms with Gasteiger partial charge in [-0.1, -0.05) is 20.8 Å². The molecule has 0 radical (unpaired) electrons. The number of urea groups is 1. The minimum absolute atomic E-state index is 0.0131. The van der Waals surface area contributed by atoms with Gasteiger partial charge in [0.25, 0.3) is 0 Å². The first-order valence-electron chi connectivity index (χ1n) is 7.16. The van der Waals surface area contributed by atoms with Crippen molar-refractivity contribution in [2.45, 2.75) is 33.6 Å². The van der Waals surface area contributed by atoms with Crippen LogP contribution in [0.2, 0.25) is 0 Å². The van der Waals surface area contributed by atoms with E-state index in [0.29, 0.717) is 6.54 Å². The molecule has 0 aromatic carbocycles. The van der Waals surface area contributed by atoms with Crippen molar-refractivity contribution in [2.24, 2.45) is 17.3 Å². The standard InChI is InChI=1S/C14H26N2O4/c1-10(2)11(12(17)18)8-15-13(19)16-9-14(3)4-6-20-7-5-14/h10-11H,4-9H2,1-3H3,(H,17,18)(H2,15,16,19). The summed E-state index contributed by atoms with van der Waals surface area (Å²) in [4.78, 5) is 22.8. The van der Waals surface area contributed by atoms with Crippen molar-refractivity contribution in [3.05, 3.63) is 0 Å². The van der Waals surface area contributed by atoms with E-state index in [1.54, 1.807) is 0 Å². The molecule has 1 aliphatic rings. The molecule has 20 heavy (non-hydrogen) atoms. The number of hydrogen-bond donors (Lipinski definition) is 3. The van der Waals surface area contributed by atoms with Crippen LogP contribution in [0.4, 0.5) is 4.79 Å². The number of aliphatic carboxylic acids is 1. The van der Waals surface area contributed by atoms with Crippen molar-refractivity contribution in [3.8, 4) is 0 Å². The minimum atomic E-state index is -0.878. The second-order valence-electron chi connectivity index (χ2n) is 6.18. The van der Waals surface area contributed by atoms with Gasteiger partial charge in [-0.15, -0.1) is 0 Å². The maximum atomic E-state index is 11.7. The number of nitrogens with one attached hydrogen (secondary N) is 2. The number of carboxylic acids is 1. The Kier molecular flexibility index (Phi) is 6.26. The Morgan fingerprint density at radius 1 is 1.25 bits per heavy atom. The zero-order valence-electron chi connectivity index (χ0n) is 12.6. The second-order valence-corrected chi connectivity index (χ2v) is 6.18. The second kappa shape index (κ2) is 7.47. The zero-order chi connectivity index (χ0) is 15.2. The van der Waals surface area contributed by atoms with Gasteiger partial charge in [0, 0.05) is 26.3 Å². The van der Waals surface area contributed by atoms with Crippen LogP contribution in [0.1, 0.15) is 33.6 Å². The Hall–Kier alpha value is -1.30. The predicted molar refractivity (Wildman–Crippen MR) is 75.5 cm³/mol. The third kappa shape index (κ3) is 5.36. The highest BCUT2D eigenvalue weighted by Crippen LogP contribution is 2.28. The Morgan fingerprint density at radius 2 is 1.85 bits per heavy atom. The molecule has 0 aromatic heterocycles. The molecule has 6 heteroatoms. The van der Waals surface area contributed by atoms with Gasteiger partial charge in [0.05, 0.1) is 5.92 Å². The zero-order valence-corrected chi connectivity index (χ0v) is 12.6. The lowest BCUT2D eigenvalue weighted by atomic mass is 9.82. The molecule has 2 amide bonds. The van der Waals surface area contributed by atoms with Crippen molar-refractivity contribution in [2.75, 3.05) is 26.3 Å². The van der Waals surface area contributed by atoms with Crippen LogP contribution in [0.3, 0.4) is 0 Å². The fourth-order valence-corrected chi connectivity index (χ4v) is 2.21. The van der Waals surface area contributed by atoms with Crippen LogP contribution in [-0.4, -0.2) is 43.4 Å². The van der Waals surface area contributed by atoms with E-state index in [1.807, 2.05) is 13.8 Å². The van der Waals surface area contributed by atoms with Gasteiger partial charge in [0.15, 0.2) is 0 Å². The predicted octanol–water partition coefficient (Wildman–Crippen LogP) is 1.46. The summed E-state index contributed by atoms with van der Waals surface area (Å²) in [5.41, 5.74) is 0.0693. The molecular formula is C14H26N2O4. The number of hydrogen-bond acceptors (Lipinski definition) is 3. The Bertz CT molecular complexity index is 338. The van der Waals surface area contributed by atoms with Crippen LogP contribution in [-0.2, 0) is 9.53 Å². The molecule has 1 aliphatic heterocycles. The smallest absolute Gasteiger partial charge is 0.314 e. The topological polar surface area (TPSA) is 87.7 Å². The van der Waals surface area contributed by atoms with E-state index in [0.717, 1.165) is 26.1 Å². The van der Waals surface area contributed by atoms with E-state index in [2.05, 4.69) is 17.6 Å². The quantitative estimate of drug-likeness (QED) is 0.690. The van der Waals surface area contributed by atoms with Crippen molar-refractivity contribution < 1.29 is 19.4 Å². The van der Waals surface area contributed by atoms with E-state index in [4.69, 9.17) is 9.84 Å². The largest absolute Gasteiger partial charge is 0.481 e. The van der Waals surface area contributed by atoms with Gasteiger partial charge in [-0.25, -0.2) is 4.79 Å². The number of carboxylic acid groups (broad SMARTS) is 1. The normalized spacial score (nSPS) is 19.4. The summed E-state index contributed by atoms with van der Waals surface area (Å²) in [5, 5.41) is 14.5. The van der Waals surface area contributed by atoms with Gasteiger partial charge >= 0.3 is 12.0 Å². The summed E-state index contributed by atoms with van der Waals surface area (Å²) in [6.45, 7) is 8.00. The van der Waals surface area contributed by atoms with Gasteiger partial charge in [0.2, 0.25) is 0 Å².